The van der Waals surface area contributed by atoms with Crippen LogP contribution in [0.25, 0.3) is 5.69 Å². The third-order valence-electron chi connectivity index (χ3n) is 6.92. The summed E-state index contributed by atoms with van der Waals surface area (Å²) < 4.78 is 8.62. The monoisotopic (exact) mass is 591 g/mol. The molecule has 0 amide bonds. The van der Waals surface area contributed by atoms with Gasteiger partial charge in [-0.2, -0.15) is 0 Å². The smallest absolute Gasteiger partial charge is 0.271 e. The van der Waals surface area contributed by atoms with Crippen LogP contribution in [0.5, 0.6) is 5.75 Å². The van der Waals surface area contributed by atoms with Crippen molar-refractivity contribution in [2.75, 3.05) is 12.0 Å². The number of nitrogens with one attached hydrogen (secondary N) is 1. The first-order valence-electron chi connectivity index (χ1n) is 12.0. The third-order valence-corrected chi connectivity index (χ3v) is 8.13. The van der Waals surface area contributed by atoms with Crippen molar-refractivity contribution in [1.29, 1.82) is 0 Å². The summed E-state index contributed by atoms with van der Waals surface area (Å²) in [5, 5.41) is 15.7. The molecule has 0 spiro atoms. The van der Waals surface area contributed by atoms with E-state index in [1.54, 1.807) is 25.4 Å². The molecule has 1 saturated heterocycles. The molecule has 10 heteroatoms. The van der Waals surface area contributed by atoms with Crippen molar-refractivity contribution in [3.8, 4) is 11.4 Å². The zero-order valence-electron chi connectivity index (χ0n) is 21.3. The van der Waals surface area contributed by atoms with Crippen LogP contribution in [0, 0.1) is 30.9 Å². The molecule has 4 aromatic rings. The maximum atomic E-state index is 11.6. The van der Waals surface area contributed by atoms with Crippen LogP contribution >= 0.6 is 28.1 Å². The van der Waals surface area contributed by atoms with Crippen molar-refractivity contribution >= 4 is 44.6 Å². The lowest BCUT2D eigenvalue weighted by Crippen LogP contribution is -2.29. The Morgan fingerprint density at radius 2 is 1.89 bits per heavy atom. The number of anilines is 1. The number of benzene rings is 2. The van der Waals surface area contributed by atoms with Gasteiger partial charge in [0.15, 0.2) is 5.11 Å². The Hall–Kier alpha value is -3.76. The summed E-state index contributed by atoms with van der Waals surface area (Å²) in [6.07, 6.45) is 1.78. The van der Waals surface area contributed by atoms with E-state index in [0.29, 0.717) is 16.5 Å². The molecule has 1 aliphatic rings. The van der Waals surface area contributed by atoms with E-state index in [1.165, 1.54) is 6.07 Å². The summed E-state index contributed by atoms with van der Waals surface area (Å²) in [7, 11) is 1.56. The standard InChI is InChI=1S/C28H26BrN5O3S/c1-16-13-19(8-10-22(16)29)33-27(26(31-28(33)38)23-7-5-6-12-30-23)21-14-17(2)32(18(21)3)24-15-20(34(35)36)9-11-25(24)37-4/h5-15,26-27H,1-4H3,(H,31,38)/t26-,27+/m1/s1. The zero-order valence-corrected chi connectivity index (χ0v) is 23.7. The SMILES string of the molecule is COc1ccc([N+](=O)[O-])cc1-n1c(C)cc([C@H]2[C@@H](c3ccccn3)NC(=S)N2c2ccc(Br)c(C)c2)c1C. The minimum atomic E-state index is -0.397. The number of nitrogens with zero attached hydrogens (tertiary/aromatic N) is 4. The van der Waals surface area contributed by atoms with Crippen LogP contribution in [0.1, 0.15) is 40.3 Å². The first kappa shape index (κ1) is 25.9. The number of aryl methyl sites for hydroxylation is 2. The van der Waals surface area contributed by atoms with Gasteiger partial charge in [0.05, 0.1) is 35.5 Å². The average molecular weight is 593 g/mol. The molecule has 1 aliphatic heterocycles. The van der Waals surface area contributed by atoms with Gasteiger partial charge < -0.3 is 19.5 Å². The maximum Gasteiger partial charge on any atom is 0.271 e. The van der Waals surface area contributed by atoms with Crippen molar-refractivity contribution in [3.05, 3.63) is 110 Å². The molecule has 3 heterocycles. The maximum absolute atomic E-state index is 11.6. The van der Waals surface area contributed by atoms with Crippen molar-refractivity contribution in [2.24, 2.45) is 0 Å². The number of aromatic nitrogens is 2. The average Bonchev–Trinajstić information content (AvgIpc) is 3.40. The second-order valence-electron chi connectivity index (χ2n) is 9.21. The van der Waals surface area contributed by atoms with Gasteiger partial charge in [0.1, 0.15) is 5.75 Å². The zero-order chi connectivity index (χ0) is 27.1. The highest BCUT2D eigenvalue weighted by Crippen LogP contribution is 2.45. The number of hydrogen-bond donors (Lipinski definition) is 1. The Balaban J connectivity index is 1.71. The van der Waals surface area contributed by atoms with Gasteiger partial charge in [-0.05, 0) is 86.6 Å². The quantitative estimate of drug-likeness (QED) is 0.152. The van der Waals surface area contributed by atoms with Crippen LogP contribution in [0.15, 0.2) is 71.3 Å². The molecular weight excluding hydrogens is 566 g/mol. The number of thiocarbonyl (C=S) groups is 1. The molecule has 8 nitrogen and oxygen atoms in total. The molecule has 2 aromatic carbocycles. The topological polar surface area (TPSA) is 85.5 Å². The summed E-state index contributed by atoms with van der Waals surface area (Å²) in [5.41, 5.74) is 6.40. The fourth-order valence-electron chi connectivity index (χ4n) is 5.15. The van der Waals surface area contributed by atoms with Gasteiger partial charge in [-0.25, -0.2) is 0 Å². The van der Waals surface area contributed by atoms with Gasteiger partial charge in [-0.3, -0.25) is 15.1 Å². The van der Waals surface area contributed by atoms with Crippen molar-refractivity contribution in [1.82, 2.24) is 14.9 Å². The molecule has 0 radical (unpaired) electrons. The number of hydrogen-bond acceptors (Lipinski definition) is 5. The van der Waals surface area contributed by atoms with Crippen molar-refractivity contribution < 1.29 is 9.66 Å². The number of pyridine rings is 1. The van der Waals surface area contributed by atoms with Crippen molar-refractivity contribution in [3.63, 3.8) is 0 Å². The van der Waals surface area contributed by atoms with Gasteiger partial charge >= 0.3 is 0 Å². The molecule has 194 valence electrons. The largest absolute Gasteiger partial charge is 0.495 e. The lowest BCUT2D eigenvalue weighted by atomic mass is 9.96. The van der Waals surface area contributed by atoms with Crippen LogP contribution in [-0.4, -0.2) is 26.7 Å². The summed E-state index contributed by atoms with van der Waals surface area (Å²) in [6.45, 7) is 6.05. The molecule has 2 aromatic heterocycles. The predicted octanol–water partition coefficient (Wildman–Crippen LogP) is 6.65. The van der Waals surface area contributed by atoms with Crippen LogP contribution in [-0.2, 0) is 0 Å². The lowest BCUT2D eigenvalue weighted by molar-refractivity contribution is -0.384. The van der Waals surface area contributed by atoms with Gasteiger partial charge in [0, 0.05) is 39.9 Å². The second-order valence-corrected chi connectivity index (χ2v) is 10.4. The summed E-state index contributed by atoms with van der Waals surface area (Å²) in [5.74, 6) is 0.547. The van der Waals surface area contributed by atoms with Gasteiger partial charge in [-0.15, -0.1) is 0 Å². The summed E-state index contributed by atoms with van der Waals surface area (Å²) in [4.78, 5) is 18.0. The summed E-state index contributed by atoms with van der Waals surface area (Å²) in [6, 6.07) is 18.3. The van der Waals surface area contributed by atoms with Crippen LogP contribution < -0.4 is 15.0 Å². The molecule has 0 saturated carbocycles. The van der Waals surface area contributed by atoms with E-state index in [0.717, 1.165) is 38.4 Å². The molecule has 1 fully saturated rings. The van der Waals surface area contributed by atoms with Crippen molar-refractivity contribution in [2.45, 2.75) is 32.9 Å². The number of non-ortho nitro benzene ring substituents is 1. The molecule has 2 atom stereocenters. The third kappa shape index (κ3) is 4.43. The van der Waals surface area contributed by atoms with E-state index < -0.39 is 4.92 Å². The minimum absolute atomic E-state index is 0.00288. The van der Waals surface area contributed by atoms with Crippen LogP contribution in [0.2, 0.25) is 0 Å². The molecule has 0 unspecified atom stereocenters. The highest BCUT2D eigenvalue weighted by atomic mass is 79.9. The lowest BCUT2D eigenvalue weighted by Gasteiger charge is -2.28. The van der Waals surface area contributed by atoms with Crippen LogP contribution in [0.3, 0.4) is 0 Å². The number of ether oxygens (including phenoxy) is 1. The van der Waals surface area contributed by atoms with E-state index >= 15 is 0 Å². The molecule has 0 aliphatic carbocycles. The van der Waals surface area contributed by atoms with E-state index in [2.05, 4.69) is 43.3 Å². The molecule has 5 rings (SSSR count). The number of methoxy groups -OCH3 is 1. The summed E-state index contributed by atoms with van der Waals surface area (Å²) >= 11 is 9.49. The molecule has 38 heavy (non-hydrogen) atoms. The molecule has 1 N–H and O–H groups in total. The molecule has 0 bridgehead atoms. The van der Waals surface area contributed by atoms with Gasteiger partial charge in [0.2, 0.25) is 0 Å². The Morgan fingerprint density at radius 3 is 2.55 bits per heavy atom. The normalized spacial score (nSPS) is 17.0. The Kier molecular flexibility index (Phi) is 6.93. The first-order chi connectivity index (χ1) is 18.2. The van der Waals surface area contributed by atoms with E-state index in [4.69, 9.17) is 17.0 Å². The first-order valence-corrected chi connectivity index (χ1v) is 13.2. The van der Waals surface area contributed by atoms with E-state index in [1.807, 2.05) is 55.7 Å². The number of rotatable bonds is 6. The fourth-order valence-corrected chi connectivity index (χ4v) is 5.74. The highest BCUT2D eigenvalue weighted by molar-refractivity contribution is 9.10. The Morgan fingerprint density at radius 1 is 1.11 bits per heavy atom. The highest BCUT2D eigenvalue weighted by Gasteiger charge is 2.42. The van der Waals surface area contributed by atoms with E-state index in [-0.39, 0.29) is 17.8 Å². The van der Waals surface area contributed by atoms with Gasteiger partial charge in [-0.1, -0.05) is 22.0 Å². The Labute approximate surface area is 234 Å². The number of nitro groups is 1. The predicted molar refractivity (Wildman–Crippen MR) is 155 cm³/mol. The van der Waals surface area contributed by atoms with Crippen LogP contribution in [0.4, 0.5) is 11.4 Å². The second kappa shape index (κ2) is 10.2. The van der Waals surface area contributed by atoms with Gasteiger partial charge in [0.25, 0.3) is 5.69 Å². The molecular formula is C28H26BrN5O3S. The fraction of sp³-hybridized carbons (Fsp3) is 0.214. The number of nitro benzene ring substituents is 1. The Bertz CT molecular complexity index is 1560. The van der Waals surface area contributed by atoms with E-state index in [9.17, 15) is 10.1 Å². The minimum Gasteiger partial charge on any atom is -0.495 e. The number of halogens is 1.